The van der Waals surface area contributed by atoms with Crippen molar-refractivity contribution >= 4 is 17.3 Å². The van der Waals surface area contributed by atoms with Crippen LogP contribution in [0, 0.1) is 5.92 Å². The molecule has 1 fully saturated rings. The summed E-state index contributed by atoms with van der Waals surface area (Å²) < 4.78 is 11.0. The zero-order valence-electron chi connectivity index (χ0n) is 14.2. The molecule has 1 aliphatic heterocycles. The molecular weight excluding hydrogens is 310 g/mol. The first-order chi connectivity index (χ1) is 11.3. The van der Waals surface area contributed by atoms with Crippen molar-refractivity contribution in [1.29, 1.82) is 0 Å². The summed E-state index contributed by atoms with van der Waals surface area (Å²) in [5.41, 5.74) is 1.38. The normalized spacial score (nSPS) is 19.7. The largest absolute Gasteiger partial charge is 0.381 e. The first kappa shape index (κ1) is 18.2. The summed E-state index contributed by atoms with van der Waals surface area (Å²) >= 11 is 1.74. The highest BCUT2D eigenvalue weighted by molar-refractivity contribution is 7.07. The number of aliphatic imine (C=N–C) groups is 1. The Morgan fingerprint density at radius 1 is 1.52 bits per heavy atom. The monoisotopic (exact) mass is 339 g/mol. The van der Waals surface area contributed by atoms with E-state index >= 15 is 0 Å². The van der Waals surface area contributed by atoms with Crippen molar-refractivity contribution in [3.63, 3.8) is 0 Å². The van der Waals surface area contributed by atoms with Gasteiger partial charge in [0.1, 0.15) is 0 Å². The molecular formula is C17H29N3O2S. The Balaban J connectivity index is 1.51. The molecule has 0 amide bonds. The molecule has 0 radical (unpaired) electrons. The molecule has 2 atom stereocenters. The molecule has 6 heteroatoms. The van der Waals surface area contributed by atoms with Crippen LogP contribution in [0.25, 0.3) is 0 Å². The molecule has 1 aliphatic rings. The van der Waals surface area contributed by atoms with E-state index in [1.165, 1.54) is 5.56 Å². The van der Waals surface area contributed by atoms with Gasteiger partial charge in [0.15, 0.2) is 5.96 Å². The minimum absolute atomic E-state index is 0.483. The van der Waals surface area contributed by atoms with Crippen LogP contribution < -0.4 is 10.6 Å². The molecule has 0 spiro atoms. The Kier molecular flexibility index (Phi) is 8.42. The molecule has 1 saturated heterocycles. The highest BCUT2D eigenvalue weighted by Crippen LogP contribution is 2.17. The van der Waals surface area contributed by atoms with Gasteiger partial charge in [0.05, 0.1) is 13.2 Å². The lowest BCUT2D eigenvalue weighted by molar-refractivity contribution is 0.0888. The highest BCUT2D eigenvalue weighted by Gasteiger charge is 2.15. The van der Waals surface area contributed by atoms with Gasteiger partial charge in [-0.2, -0.15) is 11.3 Å². The third kappa shape index (κ3) is 6.89. The number of thiophene rings is 1. The molecule has 2 N–H and O–H groups in total. The molecule has 1 aromatic rings. The van der Waals surface area contributed by atoms with Gasteiger partial charge in [-0.05, 0) is 41.1 Å². The van der Waals surface area contributed by atoms with Crippen LogP contribution in [0.4, 0.5) is 0 Å². The number of hydrogen-bond donors (Lipinski definition) is 2. The molecule has 5 nitrogen and oxygen atoms in total. The molecule has 23 heavy (non-hydrogen) atoms. The Morgan fingerprint density at radius 2 is 2.43 bits per heavy atom. The van der Waals surface area contributed by atoms with Gasteiger partial charge in [-0.1, -0.05) is 6.92 Å². The number of guanidine groups is 1. The molecule has 0 saturated carbocycles. The summed E-state index contributed by atoms with van der Waals surface area (Å²) in [4.78, 5) is 4.26. The van der Waals surface area contributed by atoms with E-state index in [1.54, 1.807) is 18.4 Å². The molecule has 0 aromatic carbocycles. The molecule has 130 valence electrons. The van der Waals surface area contributed by atoms with Crippen LogP contribution in [-0.4, -0.2) is 52.5 Å². The van der Waals surface area contributed by atoms with Crippen LogP contribution >= 0.6 is 11.3 Å². The molecule has 2 unspecified atom stereocenters. The van der Waals surface area contributed by atoms with E-state index in [-0.39, 0.29) is 0 Å². The maximum absolute atomic E-state index is 5.70. The van der Waals surface area contributed by atoms with E-state index in [9.17, 15) is 0 Å². The number of hydrogen-bond acceptors (Lipinski definition) is 4. The van der Waals surface area contributed by atoms with Gasteiger partial charge in [-0.15, -0.1) is 0 Å². The van der Waals surface area contributed by atoms with E-state index in [2.05, 4.69) is 39.4 Å². The van der Waals surface area contributed by atoms with Crippen LogP contribution in [0.15, 0.2) is 21.8 Å². The van der Waals surface area contributed by atoms with Crippen molar-refractivity contribution in [2.75, 3.05) is 46.6 Å². The number of ether oxygens (including phenoxy) is 2. The fraction of sp³-hybridized carbons (Fsp3) is 0.706. The van der Waals surface area contributed by atoms with Crippen LogP contribution in [0.2, 0.25) is 0 Å². The van der Waals surface area contributed by atoms with Gasteiger partial charge >= 0.3 is 0 Å². The lowest BCUT2D eigenvalue weighted by atomic mass is 10.1. The van der Waals surface area contributed by atoms with Crippen LogP contribution in [0.5, 0.6) is 0 Å². The van der Waals surface area contributed by atoms with E-state index < -0.39 is 0 Å². The standard InChI is InChI=1S/C17H29N3O2S/c1-14(16-5-9-23-13-16)10-20-17(18-2)19-6-3-7-21-11-15-4-8-22-12-15/h5,9,13-15H,3-4,6-8,10-12H2,1-2H3,(H2,18,19,20). The maximum Gasteiger partial charge on any atom is 0.190 e. The smallest absolute Gasteiger partial charge is 0.190 e. The van der Waals surface area contributed by atoms with E-state index in [1.807, 2.05) is 0 Å². The molecule has 0 aliphatic carbocycles. The zero-order chi connectivity index (χ0) is 16.3. The Bertz CT molecular complexity index is 445. The quantitative estimate of drug-likeness (QED) is 0.412. The summed E-state index contributed by atoms with van der Waals surface area (Å²) in [5, 5.41) is 11.0. The predicted molar refractivity (Wildman–Crippen MR) is 96.5 cm³/mol. The lowest BCUT2D eigenvalue weighted by Crippen LogP contribution is -2.39. The fourth-order valence-corrected chi connectivity index (χ4v) is 3.27. The van der Waals surface area contributed by atoms with Crippen molar-refractivity contribution in [3.05, 3.63) is 22.4 Å². The lowest BCUT2D eigenvalue weighted by Gasteiger charge is -2.15. The third-order valence-electron chi connectivity index (χ3n) is 4.05. The SMILES string of the molecule is CN=C(NCCCOCC1CCOC1)NCC(C)c1ccsc1. The van der Waals surface area contributed by atoms with Gasteiger partial charge in [-0.3, -0.25) is 4.99 Å². The molecule has 2 heterocycles. The minimum Gasteiger partial charge on any atom is -0.381 e. The Labute approximate surface area is 143 Å². The minimum atomic E-state index is 0.483. The van der Waals surface area contributed by atoms with Gasteiger partial charge in [0.25, 0.3) is 0 Å². The van der Waals surface area contributed by atoms with Crippen molar-refractivity contribution in [2.45, 2.75) is 25.7 Å². The summed E-state index contributed by atoms with van der Waals surface area (Å²) in [7, 11) is 1.81. The summed E-state index contributed by atoms with van der Waals surface area (Å²) in [5.74, 6) is 1.93. The van der Waals surface area contributed by atoms with Crippen LogP contribution in [0.1, 0.15) is 31.2 Å². The Morgan fingerprint density at radius 3 is 3.13 bits per heavy atom. The van der Waals surface area contributed by atoms with Crippen molar-refractivity contribution in [1.82, 2.24) is 10.6 Å². The zero-order valence-corrected chi connectivity index (χ0v) is 15.0. The average molecular weight is 340 g/mol. The van der Waals surface area contributed by atoms with Gasteiger partial charge in [-0.25, -0.2) is 0 Å². The van der Waals surface area contributed by atoms with Crippen molar-refractivity contribution in [2.24, 2.45) is 10.9 Å². The molecule has 2 rings (SSSR count). The highest BCUT2D eigenvalue weighted by atomic mass is 32.1. The summed E-state index contributed by atoms with van der Waals surface area (Å²) in [6.45, 7) is 7.33. The molecule has 0 bridgehead atoms. The van der Waals surface area contributed by atoms with Gasteiger partial charge in [0, 0.05) is 39.3 Å². The van der Waals surface area contributed by atoms with Crippen LogP contribution in [0.3, 0.4) is 0 Å². The van der Waals surface area contributed by atoms with Gasteiger partial charge < -0.3 is 20.1 Å². The Hall–Kier alpha value is -1.11. The van der Waals surface area contributed by atoms with Crippen molar-refractivity contribution < 1.29 is 9.47 Å². The molecule has 1 aromatic heterocycles. The second-order valence-corrected chi connectivity index (χ2v) is 6.78. The number of nitrogens with one attached hydrogen (secondary N) is 2. The second kappa shape index (κ2) is 10.6. The first-order valence-electron chi connectivity index (χ1n) is 8.41. The summed E-state index contributed by atoms with van der Waals surface area (Å²) in [6, 6.07) is 2.18. The fourth-order valence-electron chi connectivity index (χ4n) is 2.49. The van der Waals surface area contributed by atoms with Gasteiger partial charge in [0.2, 0.25) is 0 Å². The van der Waals surface area contributed by atoms with E-state index in [0.717, 1.165) is 58.3 Å². The first-order valence-corrected chi connectivity index (χ1v) is 9.36. The van der Waals surface area contributed by atoms with E-state index in [4.69, 9.17) is 9.47 Å². The summed E-state index contributed by atoms with van der Waals surface area (Å²) in [6.07, 6.45) is 2.12. The average Bonchev–Trinajstić information content (AvgIpc) is 3.26. The number of rotatable bonds is 9. The third-order valence-corrected chi connectivity index (χ3v) is 4.75. The second-order valence-electron chi connectivity index (χ2n) is 6.00. The van der Waals surface area contributed by atoms with Crippen LogP contribution in [-0.2, 0) is 9.47 Å². The predicted octanol–water partition coefficient (Wildman–Crippen LogP) is 2.46. The van der Waals surface area contributed by atoms with E-state index in [0.29, 0.717) is 11.8 Å². The maximum atomic E-state index is 5.70. The number of nitrogens with zero attached hydrogens (tertiary/aromatic N) is 1. The van der Waals surface area contributed by atoms with Crippen molar-refractivity contribution in [3.8, 4) is 0 Å². The topological polar surface area (TPSA) is 54.9 Å².